The minimum atomic E-state index is -0.826. The Morgan fingerprint density at radius 1 is 1.30 bits per heavy atom. The van der Waals surface area contributed by atoms with Crippen molar-refractivity contribution < 1.29 is 14.4 Å². The monoisotopic (exact) mass is 274 g/mol. The topological polar surface area (TPSA) is 76.2 Å². The number of carbonyl (C=O) groups is 1. The second-order valence-electron chi connectivity index (χ2n) is 5.79. The summed E-state index contributed by atoms with van der Waals surface area (Å²) in [5.41, 5.74) is 1.64. The molecule has 2 aromatic rings. The largest absolute Gasteiger partial charge is 0.481 e. The lowest BCUT2D eigenvalue weighted by Gasteiger charge is -2.19. The van der Waals surface area contributed by atoms with Crippen molar-refractivity contribution in [2.75, 3.05) is 0 Å². The van der Waals surface area contributed by atoms with E-state index in [0.717, 1.165) is 5.56 Å². The van der Waals surface area contributed by atoms with Crippen LogP contribution in [0.5, 0.6) is 0 Å². The van der Waals surface area contributed by atoms with Crippen molar-refractivity contribution in [2.45, 2.75) is 33.6 Å². The van der Waals surface area contributed by atoms with Crippen molar-refractivity contribution in [3.63, 3.8) is 0 Å². The number of aliphatic carboxylic acids is 1. The molecular formula is C15H18N2O3. The number of benzene rings is 1. The second kappa shape index (κ2) is 5.45. The van der Waals surface area contributed by atoms with E-state index in [-0.39, 0.29) is 6.42 Å². The fourth-order valence-electron chi connectivity index (χ4n) is 2.03. The van der Waals surface area contributed by atoms with Crippen molar-refractivity contribution >= 4 is 5.97 Å². The van der Waals surface area contributed by atoms with Crippen molar-refractivity contribution in [1.82, 2.24) is 10.1 Å². The molecule has 0 amide bonds. The molecule has 0 aliphatic heterocycles. The lowest BCUT2D eigenvalue weighted by Crippen LogP contribution is -2.19. The molecule has 0 radical (unpaired) electrons. The maximum absolute atomic E-state index is 10.8. The molecule has 5 heteroatoms. The van der Waals surface area contributed by atoms with Crippen LogP contribution in [0.4, 0.5) is 0 Å². The highest BCUT2D eigenvalue weighted by atomic mass is 16.5. The van der Waals surface area contributed by atoms with Gasteiger partial charge in [0.1, 0.15) is 0 Å². The van der Waals surface area contributed by atoms with E-state index in [4.69, 9.17) is 9.63 Å². The molecule has 5 nitrogen and oxygen atoms in total. The van der Waals surface area contributed by atoms with Gasteiger partial charge in [0.15, 0.2) is 0 Å². The van der Waals surface area contributed by atoms with Gasteiger partial charge in [-0.25, -0.2) is 0 Å². The van der Waals surface area contributed by atoms with Gasteiger partial charge in [0, 0.05) is 12.0 Å². The maximum Gasteiger partial charge on any atom is 0.303 e. The number of rotatable bonds is 5. The molecule has 20 heavy (non-hydrogen) atoms. The Hall–Kier alpha value is -2.17. The van der Waals surface area contributed by atoms with E-state index < -0.39 is 11.4 Å². The van der Waals surface area contributed by atoms with Crippen LogP contribution in [0.25, 0.3) is 11.4 Å². The molecule has 0 aliphatic rings. The van der Waals surface area contributed by atoms with E-state index in [2.05, 4.69) is 10.1 Å². The smallest absolute Gasteiger partial charge is 0.303 e. The maximum atomic E-state index is 10.8. The van der Waals surface area contributed by atoms with Crippen LogP contribution in [-0.4, -0.2) is 21.2 Å². The predicted molar refractivity (Wildman–Crippen MR) is 74.2 cm³/mol. The van der Waals surface area contributed by atoms with Gasteiger partial charge in [0.25, 0.3) is 0 Å². The number of nitrogens with zero attached hydrogens (tertiary/aromatic N) is 2. The second-order valence-corrected chi connectivity index (χ2v) is 5.79. The van der Waals surface area contributed by atoms with Crippen LogP contribution in [0.3, 0.4) is 0 Å². The molecule has 0 saturated carbocycles. The Morgan fingerprint density at radius 3 is 2.55 bits per heavy atom. The van der Waals surface area contributed by atoms with Gasteiger partial charge in [-0.2, -0.15) is 4.98 Å². The average molecular weight is 274 g/mol. The van der Waals surface area contributed by atoms with Crippen LogP contribution >= 0.6 is 0 Å². The summed E-state index contributed by atoms with van der Waals surface area (Å²) in [6.45, 7) is 5.76. The summed E-state index contributed by atoms with van der Waals surface area (Å²) in [7, 11) is 0. The van der Waals surface area contributed by atoms with Gasteiger partial charge in [-0.15, -0.1) is 0 Å². The van der Waals surface area contributed by atoms with Gasteiger partial charge in [-0.3, -0.25) is 4.79 Å². The Kier molecular flexibility index (Phi) is 3.88. The predicted octanol–water partition coefficient (Wildman–Crippen LogP) is 3.09. The summed E-state index contributed by atoms with van der Waals surface area (Å²) in [6.07, 6.45) is 0.507. The first-order chi connectivity index (χ1) is 9.35. The number of carboxylic acids is 1. The normalized spacial score (nSPS) is 11.6. The van der Waals surface area contributed by atoms with Gasteiger partial charge in [-0.05, 0) is 12.3 Å². The Labute approximate surface area is 117 Å². The van der Waals surface area contributed by atoms with Gasteiger partial charge in [0.2, 0.25) is 11.7 Å². The Morgan fingerprint density at radius 2 is 1.95 bits per heavy atom. The zero-order valence-electron chi connectivity index (χ0n) is 11.9. The number of aryl methyl sites for hydroxylation is 1. The minimum Gasteiger partial charge on any atom is -0.481 e. The van der Waals surface area contributed by atoms with Crippen molar-refractivity contribution in [2.24, 2.45) is 5.41 Å². The van der Waals surface area contributed by atoms with Gasteiger partial charge < -0.3 is 9.63 Å². The van der Waals surface area contributed by atoms with Crippen molar-refractivity contribution in [3.05, 3.63) is 35.7 Å². The molecule has 0 unspecified atom stereocenters. The average Bonchev–Trinajstić information content (AvgIpc) is 2.75. The first-order valence-electron chi connectivity index (χ1n) is 6.47. The standard InChI is InChI=1S/C15H18N2O3/c1-10-4-6-11(7-5-10)14-16-12(20-17-14)8-15(2,3)9-13(18)19/h4-7H,8-9H2,1-3H3,(H,18,19). The highest BCUT2D eigenvalue weighted by molar-refractivity contribution is 5.67. The molecule has 0 fully saturated rings. The first kappa shape index (κ1) is 14.2. The SMILES string of the molecule is Cc1ccc(-c2noc(CC(C)(C)CC(=O)O)n2)cc1. The Balaban J connectivity index is 2.13. The lowest BCUT2D eigenvalue weighted by atomic mass is 9.86. The molecule has 0 bridgehead atoms. The van der Waals surface area contributed by atoms with Crippen molar-refractivity contribution in [3.8, 4) is 11.4 Å². The van der Waals surface area contributed by atoms with Crippen molar-refractivity contribution in [1.29, 1.82) is 0 Å². The number of hydrogen-bond donors (Lipinski definition) is 1. The van der Waals surface area contributed by atoms with E-state index in [1.807, 2.05) is 45.0 Å². The molecule has 0 atom stereocenters. The number of carboxylic acid groups (broad SMARTS) is 1. The van der Waals surface area contributed by atoms with E-state index >= 15 is 0 Å². The summed E-state index contributed by atoms with van der Waals surface area (Å²) in [6, 6.07) is 7.85. The lowest BCUT2D eigenvalue weighted by molar-refractivity contribution is -0.139. The highest BCUT2D eigenvalue weighted by Crippen LogP contribution is 2.26. The fourth-order valence-corrected chi connectivity index (χ4v) is 2.03. The molecule has 1 aromatic heterocycles. The molecule has 0 saturated heterocycles. The van der Waals surface area contributed by atoms with E-state index in [0.29, 0.717) is 18.1 Å². The van der Waals surface area contributed by atoms with Crippen LogP contribution in [-0.2, 0) is 11.2 Å². The summed E-state index contributed by atoms with van der Waals surface area (Å²) >= 11 is 0. The third-order valence-electron chi connectivity index (χ3n) is 3.04. The van der Waals surface area contributed by atoms with Gasteiger partial charge in [0.05, 0.1) is 6.42 Å². The molecule has 1 N–H and O–H groups in total. The third-order valence-corrected chi connectivity index (χ3v) is 3.04. The van der Waals surface area contributed by atoms with Crippen LogP contribution in [0.1, 0.15) is 31.7 Å². The third kappa shape index (κ3) is 3.66. The Bertz CT molecular complexity index is 600. The van der Waals surface area contributed by atoms with E-state index in [1.165, 1.54) is 5.56 Å². The molecule has 106 valence electrons. The molecule has 0 spiro atoms. The number of hydrogen-bond acceptors (Lipinski definition) is 4. The molecule has 0 aliphatic carbocycles. The molecule has 1 aromatic carbocycles. The van der Waals surface area contributed by atoms with Crippen LogP contribution < -0.4 is 0 Å². The van der Waals surface area contributed by atoms with Gasteiger partial charge in [-0.1, -0.05) is 48.8 Å². The summed E-state index contributed by atoms with van der Waals surface area (Å²) in [4.78, 5) is 15.1. The van der Waals surface area contributed by atoms with E-state index in [9.17, 15) is 4.79 Å². The van der Waals surface area contributed by atoms with E-state index in [1.54, 1.807) is 0 Å². The molecule has 2 rings (SSSR count). The zero-order chi connectivity index (χ0) is 14.8. The summed E-state index contributed by atoms with van der Waals surface area (Å²) in [5.74, 6) is 0.172. The van der Waals surface area contributed by atoms with Crippen LogP contribution in [0.2, 0.25) is 0 Å². The summed E-state index contributed by atoms with van der Waals surface area (Å²) < 4.78 is 5.21. The molecular weight excluding hydrogens is 256 g/mol. The quantitative estimate of drug-likeness (QED) is 0.906. The first-order valence-corrected chi connectivity index (χ1v) is 6.47. The van der Waals surface area contributed by atoms with Crippen LogP contribution in [0, 0.1) is 12.3 Å². The number of aromatic nitrogens is 2. The van der Waals surface area contributed by atoms with Crippen LogP contribution in [0.15, 0.2) is 28.8 Å². The molecule has 1 heterocycles. The summed E-state index contributed by atoms with van der Waals surface area (Å²) in [5, 5.41) is 12.8. The van der Waals surface area contributed by atoms with Gasteiger partial charge >= 0.3 is 5.97 Å². The highest BCUT2D eigenvalue weighted by Gasteiger charge is 2.25. The fraction of sp³-hybridized carbons (Fsp3) is 0.400. The zero-order valence-corrected chi connectivity index (χ0v) is 11.9. The minimum absolute atomic E-state index is 0.0647.